The number of halogens is 2. The molecule has 0 aromatic heterocycles. The Morgan fingerprint density at radius 2 is 2.18 bits per heavy atom. The van der Waals surface area contributed by atoms with Crippen LogP contribution in [0.5, 0.6) is 0 Å². The summed E-state index contributed by atoms with van der Waals surface area (Å²) in [6.07, 6.45) is 0. The van der Waals surface area contributed by atoms with Crippen molar-refractivity contribution in [2.45, 2.75) is 16.3 Å². The Morgan fingerprint density at radius 3 is 2.86 bits per heavy atom. The fourth-order valence-corrected chi connectivity index (χ4v) is 5.20. The molecule has 3 rings (SSSR count). The minimum atomic E-state index is -1.15. The number of β-lactam (4-membered cyclic amide) rings is 1. The standard InChI is InChI=1S/C13H10Cl2N2O3S2/c14-5-1-2-6(15)7(3-5)22-8-4-21-12-9(16)11(18)17(12)10(8)13(19)20/h1-3,9,12H,4,16H2,(H,19,20)/t9-,12-/m1/s1. The van der Waals surface area contributed by atoms with Gasteiger partial charge in [-0.15, -0.1) is 11.8 Å². The summed E-state index contributed by atoms with van der Waals surface area (Å²) in [6, 6.07) is 4.34. The number of carboxylic acids is 1. The smallest absolute Gasteiger partial charge is 0.353 e. The lowest BCUT2D eigenvalue weighted by Gasteiger charge is -2.47. The number of nitrogens with two attached hydrogens (primary N) is 1. The van der Waals surface area contributed by atoms with E-state index >= 15 is 0 Å². The Morgan fingerprint density at radius 1 is 1.45 bits per heavy atom. The van der Waals surface area contributed by atoms with E-state index < -0.39 is 12.0 Å². The van der Waals surface area contributed by atoms with Gasteiger partial charge in [-0.25, -0.2) is 4.79 Å². The Labute approximate surface area is 144 Å². The van der Waals surface area contributed by atoms with Gasteiger partial charge in [-0.1, -0.05) is 35.0 Å². The third kappa shape index (κ3) is 2.61. The first-order valence-electron chi connectivity index (χ1n) is 6.19. The molecular formula is C13H10Cl2N2O3S2. The molecule has 0 unspecified atom stereocenters. The van der Waals surface area contributed by atoms with E-state index in [1.807, 2.05) is 0 Å². The van der Waals surface area contributed by atoms with E-state index in [1.165, 1.54) is 28.4 Å². The number of aliphatic carboxylic acids is 1. The van der Waals surface area contributed by atoms with Crippen molar-refractivity contribution in [1.29, 1.82) is 0 Å². The molecule has 116 valence electrons. The second-order valence-corrected chi connectivity index (χ2v) is 7.77. The van der Waals surface area contributed by atoms with Gasteiger partial charge in [0.1, 0.15) is 17.1 Å². The van der Waals surface area contributed by atoms with Gasteiger partial charge in [0.2, 0.25) is 5.91 Å². The normalized spacial score (nSPS) is 24.1. The van der Waals surface area contributed by atoms with Crippen LogP contribution in [-0.4, -0.2) is 39.1 Å². The van der Waals surface area contributed by atoms with Crippen LogP contribution in [-0.2, 0) is 9.59 Å². The van der Waals surface area contributed by atoms with Crippen molar-refractivity contribution in [3.8, 4) is 0 Å². The third-order valence-electron chi connectivity index (χ3n) is 3.30. The number of thioether (sulfide) groups is 2. The molecule has 22 heavy (non-hydrogen) atoms. The lowest BCUT2D eigenvalue weighted by Crippen LogP contribution is -2.68. The molecule has 2 aliphatic heterocycles. The van der Waals surface area contributed by atoms with E-state index in [0.29, 0.717) is 25.6 Å². The summed E-state index contributed by atoms with van der Waals surface area (Å²) >= 11 is 14.7. The van der Waals surface area contributed by atoms with Crippen LogP contribution in [0.2, 0.25) is 10.0 Å². The molecule has 0 bridgehead atoms. The van der Waals surface area contributed by atoms with Crippen molar-refractivity contribution in [2.75, 3.05) is 5.75 Å². The predicted molar refractivity (Wildman–Crippen MR) is 88.0 cm³/mol. The molecule has 1 aromatic carbocycles. The molecule has 9 heteroatoms. The number of carbonyl (C=O) groups excluding carboxylic acids is 1. The van der Waals surface area contributed by atoms with Gasteiger partial charge in [0, 0.05) is 20.6 Å². The molecule has 0 radical (unpaired) electrons. The number of carbonyl (C=O) groups is 2. The zero-order valence-corrected chi connectivity index (χ0v) is 14.1. The van der Waals surface area contributed by atoms with Gasteiger partial charge < -0.3 is 10.8 Å². The monoisotopic (exact) mass is 376 g/mol. The first-order chi connectivity index (χ1) is 10.4. The zero-order valence-electron chi connectivity index (χ0n) is 11.0. The second kappa shape index (κ2) is 5.98. The summed E-state index contributed by atoms with van der Waals surface area (Å²) in [5, 5.41) is 10.1. The predicted octanol–water partition coefficient (Wildman–Crippen LogP) is 2.62. The summed E-state index contributed by atoms with van der Waals surface area (Å²) in [6.45, 7) is 0. The van der Waals surface area contributed by atoms with E-state index in [9.17, 15) is 14.7 Å². The fraction of sp³-hybridized carbons (Fsp3) is 0.231. The van der Waals surface area contributed by atoms with Crippen molar-refractivity contribution < 1.29 is 14.7 Å². The van der Waals surface area contributed by atoms with Gasteiger partial charge in [-0.05, 0) is 18.2 Å². The van der Waals surface area contributed by atoms with Crippen LogP contribution in [0.25, 0.3) is 0 Å². The molecule has 0 aliphatic carbocycles. The van der Waals surface area contributed by atoms with Crippen molar-refractivity contribution in [3.05, 3.63) is 38.8 Å². The number of rotatable bonds is 3. The maximum absolute atomic E-state index is 11.9. The molecule has 2 atom stereocenters. The van der Waals surface area contributed by atoms with Gasteiger partial charge >= 0.3 is 5.97 Å². The van der Waals surface area contributed by atoms with Crippen LogP contribution >= 0.6 is 46.7 Å². The van der Waals surface area contributed by atoms with Crippen molar-refractivity contribution in [2.24, 2.45) is 5.73 Å². The maximum Gasteiger partial charge on any atom is 0.353 e. The molecular weight excluding hydrogens is 367 g/mol. The second-order valence-electron chi connectivity index (χ2n) is 4.69. The Bertz CT molecular complexity index is 711. The van der Waals surface area contributed by atoms with Gasteiger partial charge in [0.15, 0.2) is 0 Å². The Hall–Kier alpha value is -0.860. The van der Waals surface area contributed by atoms with Crippen LogP contribution in [0.3, 0.4) is 0 Å². The average Bonchev–Trinajstić information content (AvgIpc) is 2.49. The molecule has 2 heterocycles. The first kappa shape index (κ1) is 16.0. The molecule has 1 aromatic rings. The van der Waals surface area contributed by atoms with Crippen LogP contribution < -0.4 is 5.73 Å². The quantitative estimate of drug-likeness (QED) is 0.788. The van der Waals surface area contributed by atoms with E-state index in [-0.39, 0.29) is 17.0 Å². The van der Waals surface area contributed by atoms with Crippen LogP contribution in [0.4, 0.5) is 0 Å². The van der Waals surface area contributed by atoms with Gasteiger partial charge in [-0.2, -0.15) is 0 Å². The van der Waals surface area contributed by atoms with E-state index in [0.717, 1.165) is 0 Å². The van der Waals surface area contributed by atoms with Crippen molar-refractivity contribution in [1.82, 2.24) is 4.90 Å². The summed E-state index contributed by atoms with van der Waals surface area (Å²) in [4.78, 5) is 25.9. The number of carboxylic acid groups (broad SMARTS) is 1. The van der Waals surface area contributed by atoms with E-state index in [1.54, 1.807) is 18.2 Å². The molecule has 1 fully saturated rings. The highest BCUT2D eigenvalue weighted by Gasteiger charge is 2.51. The highest BCUT2D eigenvalue weighted by atomic mass is 35.5. The number of nitrogens with zero attached hydrogens (tertiary/aromatic N) is 1. The van der Waals surface area contributed by atoms with Crippen LogP contribution in [0.1, 0.15) is 0 Å². The molecule has 2 aliphatic rings. The molecule has 0 saturated carbocycles. The number of amides is 1. The van der Waals surface area contributed by atoms with E-state index in [2.05, 4.69) is 0 Å². The minimum Gasteiger partial charge on any atom is -0.477 e. The maximum atomic E-state index is 11.9. The van der Waals surface area contributed by atoms with E-state index in [4.69, 9.17) is 28.9 Å². The number of fused-ring (bicyclic) bond motifs is 1. The molecule has 5 nitrogen and oxygen atoms in total. The number of hydrogen-bond donors (Lipinski definition) is 2. The summed E-state index contributed by atoms with van der Waals surface area (Å²) in [5.74, 6) is -1.06. The van der Waals surface area contributed by atoms with Crippen molar-refractivity contribution >= 4 is 58.6 Å². The number of benzene rings is 1. The largest absolute Gasteiger partial charge is 0.477 e. The summed E-state index contributed by atoms with van der Waals surface area (Å²) in [5.41, 5.74) is 5.69. The molecule has 3 N–H and O–H groups in total. The number of hydrogen-bond acceptors (Lipinski definition) is 5. The highest BCUT2D eigenvalue weighted by Crippen LogP contribution is 2.45. The van der Waals surface area contributed by atoms with Gasteiger partial charge in [0.25, 0.3) is 0 Å². The molecule has 1 amide bonds. The highest BCUT2D eigenvalue weighted by molar-refractivity contribution is 8.06. The third-order valence-corrected chi connectivity index (χ3v) is 6.61. The molecule has 0 spiro atoms. The summed E-state index contributed by atoms with van der Waals surface area (Å²) in [7, 11) is 0. The van der Waals surface area contributed by atoms with Crippen molar-refractivity contribution in [3.63, 3.8) is 0 Å². The SMILES string of the molecule is N[C@@H]1C(=O)N2C(C(=O)O)=C(Sc3cc(Cl)ccc3Cl)CS[C@H]12. The van der Waals surface area contributed by atoms with Gasteiger partial charge in [0.05, 0.1) is 5.02 Å². The average molecular weight is 377 g/mol. The fourth-order valence-electron chi connectivity index (χ4n) is 2.25. The Kier molecular flexibility index (Phi) is 4.35. The topological polar surface area (TPSA) is 83.6 Å². The molecule has 1 saturated heterocycles. The summed E-state index contributed by atoms with van der Waals surface area (Å²) < 4.78 is 0. The zero-order chi connectivity index (χ0) is 16.0. The Balaban J connectivity index is 1.98. The van der Waals surface area contributed by atoms with Gasteiger partial charge in [-0.3, -0.25) is 9.69 Å². The van der Waals surface area contributed by atoms with Crippen LogP contribution in [0.15, 0.2) is 33.7 Å². The lowest BCUT2D eigenvalue weighted by molar-refractivity contribution is -0.147. The minimum absolute atomic E-state index is 0.0171. The lowest BCUT2D eigenvalue weighted by atomic mass is 10.1. The first-order valence-corrected chi connectivity index (χ1v) is 8.82. The van der Waals surface area contributed by atoms with Crippen LogP contribution in [0, 0.1) is 0 Å².